The first-order valence-corrected chi connectivity index (χ1v) is 10.9. The van der Waals surface area contributed by atoms with E-state index in [0.717, 1.165) is 5.56 Å². The zero-order valence-electron chi connectivity index (χ0n) is 17.1. The Hall–Kier alpha value is -2.44. The second kappa shape index (κ2) is 10.4. The highest BCUT2D eigenvalue weighted by molar-refractivity contribution is 7.10. The highest BCUT2D eigenvalue weighted by Gasteiger charge is 2.27. The van der Waals surface area contributed by atoms with Gasteiger partial charge in [0, 0.05) is 36.5 Å². The number of benzene rings is 1. The number of piperidine rings is 1. The molecule has 1 atom stereocenters. The lowest BCUT2D eigenvalue weighted by atomic mass is 9.95. The van der Waals surface area contributed by atoms with Crippen molar-refractivity contribution in [3.8, 4) is 0 Å². The third-order valence-electron chi connectivity index (χ3n) is 5.36. The number of nitrogens with one attached hydrogen (secondary N) is 1. The average molecular weight is 412 g/mol. The monoisotopic (exact) mass is 411 g/mol. The van der Waals surface area contributed by atoms with Gasteiger partial charge in [-0.2, -0.15) is 0 Å². The van der Waals surface area contributed by atoms with E-state index >= 15 is 0 Å². The number of thiophene rings is 1. The van der Waals surface area contributed by atoms with Crippen LogP contribution in [0.5, 0.6) is 0 Å². The lowest BCUT2D eigenvalue weighted by Crippen LogP contribution is -2.44. The van der Waals surface area contributed by atoms with E-state index in [-0.39, 0.29) is 23.8 Å². The van der Waals surface area contributed by atoms with Crippen LogP contribution in [-0.2, 0) is 9.59 Å². The molecule has 0 bridgehead atoms. The molecule has 29 heavy (non-hydrogen) atoms. The number of carbonyl (C=O) groups excluding carboxylic acids is 2. The highest BCUT2D eigenvalue weighted by Crippen LogP contribution is 2.23. The Morgan fingerprint density at radius 3 is 2.52 bits per heavy atom. The fourth-order valence-electron chi connectivity index (χ4n) is 3.56. The van der Waals surface area contributed by atoms with Gasteiger partial charge >= 0.3 is 0 Å². The maximum Gasteiger partial charge on any atom is 0.246 e. The third kappa shape index (κ3) is 6.02. The van der Waals surface area contributed by atoms with Crippen LogP contribution in [0, 0.1) is 5.92 Å². The molecule has 2 amide bonds. The van der Waals surface area contributed by atoms with Crippen molar-refractivity contribution < 1.29 is 9.59 Å². The van der Waals surface area contributed by atoms with Crippen molar-refractivity contribution in [1.82, 2.24) is 15.1 Å². The molecule has 0 radical (unpaired) electrons. The van der Waals surface area contributed by atoms with Crippen LogP contribution in [-0.4, -0.2) is 55.3 Å². The van der Waals surface area contributed by atoms with Gasteiger partial charge < -0.3 is 15.1 Å². The predicted octanol–water partition coefficient (Wildman–Crippen LogP) is 3.42. The molecule has 0 saturated carbocycles. The van der Waals surface area contributed by atoms with E-state index in [1.54, 1.807) is 17.4 Å². The highest BCUT2D eigenvalue weighted by atomic mass is 32.1. The minimum Gasteiger partial charge on any atom is -0.354 e. The number of hydrogen-bond acceptors (Lipinski definition) is 4. The maximum absolute atomic E-state index is 12.6. The number of hydrogen-bond donors (Lipinski definition) is 1. The van der Waals surface area contributed by atoms with Gasteiger partial charge in [-0.05, 0) is 50.0 Å². The molecular weight excluding hydrogens is 382 g/mol. The molecule has 1 unspecified atom stereocenters. The molecule has 1 aliphatic heterocycles. The van der Waals surface area contributed by atoms with Crippen molar-refractivity contribution in [1.29, 1.82) is 0 Å². The van der Waals surface area contributed by atoms with Gasteiger partial charge in [0.25, 0.3) is 0 Å². The van der Waals surface area contributed by atoms with E-state index in [4.69, 9.17) is 0 Å². The van der Waals surface area contributed by atoms with Crippen molar-refractivity contribution >= 4 is 29.2 Å². The van der Waals surface area contributed by atoms with Crippen molar-refractivity contribution in [2.24, 2.45) is 5.92 Å². The van der Waals surface area contributed by atoms with Gasteiger partial charge in [-0.3, -0.25) is 9.59 Å². The molecule has 5 nitrogen and oxygen atoms in total. The van der Waals surface area contributed by atoms with Crippen LogP contribution in [0.25, 0.3) is 6.08 Å². The van der Waals surface area contributed by atoms with E-state index in [1.165, 1.54) is 4.88 Å². The summed E-state index contributed by atoms with van der Waals surface area (Å²) in [6.45, 7) is 1.85. The Labute approximate surface area is 177 Å². The molecule has 1 fully saturated rings. The standard InChI is InChI=1S/C23H29N3O2S/c1-25(2)20(21-9-6-16-29-21)17-24-23(28)19-12-14-26(15-13-19)22(27)11-10-18-7-4-3-5-8-18/h3-11,16,19-20H,12-15,17H2,1-2H3,(H,24,28). The van der Waals surface area contributed by atoms with Crippen molar-refractivity contribution in [3.05, 3.63) is 64.4 Å². The van der Waals surface area contributed by atoms with Gasteiger partial charge in [-0.15, -0.1) is 11.3 Å². The second-order valence-electron chi connectivity index (χ2n) is 7.58. The lowest BCUT2D eigenvalue weighted by molar-refractivity contribution is -0.132. The molecule has 0 aliphatic carbocycles. The van der Waals surface area contributed by atoms with E-state index in [2.05, 4.69) is 21.7 Å². The fourth-order valence-corrected chi connectivity index (χ4v) is 4.48. The van der Waals surface area contributed by atoms with Gasteiger partial charge in [-0.25, -0.2) is 0 Å². The van der Waals surface area contributed by atoms with E-state index in [9.17, 15) is 9.59 Å². The van der Waals surface area contributed by atoms with Gasteiger partial charge in [0.2, 0.25) is 11.8 Å². The van der Waals surface area contributed by atoms with Crippen LogP contribution >= 0.6 is 11.3 Å². The SMILES string of the molecule is CN(C)C(CNC(=O)C1CCN(C(=O)C=Cc2ccccc2)CC1)c1cccs1. The summed E-state index contributed by atoms with van der Waals surface area (Å²) in [5.41, 5.74) is 1.01. The van der Waals surface area contributed by atoms with Crippen molar-refractivity contribution in [2.75, 3.05) is 33.7 Å². The van der Waals surface area contributed by atoms with Gasteiger partial charge in [0.15, 0.2) is 0 Å². The summed E-state index contributed by atoms with van der Waals surface area (Å²) in [5.74, 6) is 0.0849. The number of carbonyl (C=O) groups is 2. The summed E-state index contributed by atoms with van der Waals surface area (Å²) in [6.07, 6.45) is 4.89. The predicted molar refractivity (Wildman–Crippen MR) is 119 cm³/mol. The first kappa shape index (κ1) is 21.3. The van der Waals surface area contributed by atoms with E-state index in [0.29, 0.717) is 32.5 Å². The Balaban J connectivity index is 1.45. The molecule has 1 aliphatic rings. The smallest absolute Gasteiger partial charge is 0.246 e. The molecule has 2 aromatic rings. The van der Waals surface area contributed by atoms with Crippen LogP contribution in [0.3, 0.4) is 0 Å². The number of likely N-dealkylation sites (N-methyl/N-ethyl adjacent to an activating group) is 1. The molecule has 3 rings (SSSR count). The van der Waals surface area contributed by atoms with Crippen LogP contribution in [0.4, 0.5) is 0 Å². The summed E-state index contributed by atoms with van der Waals surface area (Å²) in [6, 6.07) is 14.1. The maximum atomic E-state index is 12.6. The molecule has 2 heterocycles. The summed E-state index contributed by atoms with van der Waals surface area (Å²) in [4.78, 5) is 30.3. The minimum absolute atomic E-state index is 0.0121. The van der Waals surface area contributed by atoms with Gasteiger partial charge in [0.05, 0.1) is 6.04 Å². The van der Waals surface area contributed by atoms with Crippen molar-refractivity contribution in [2.45, 2.75) is 18.9 Å². The summed E-state index contributed by atoms with van der Waals surface area (Å²) in [5, 5.41) is 5.18. The summed E-state index contributed by atoms with van der Waals surface area (Å²) < 4.78 is 0. The van der Waals surface area contributed by atoms with Crippen LogP contribution in [0.1, 0.15) is 29.3 Å². The van der Waals surface area contributed by atoms with Gasteiger partial charge in [-0.1, -0.05) is 36.4 Å². The topological polar surface area (TPSA) is 52.7 Å². The van der Waals surface area contributed by atoms with Crippen LogP contribution in [0.2, 0.25) is 0 Å². The lowest BCUT2D eigenvalue weighted by Gasteiger charge is -2.31. The Morgan fingerprint density at radius 2 is 1.90 bits per heavy atom. The normalized spacial score (nSPS) is 16.3. The number of rotatable bonds is 7. The molecule has 1 aromatic heterocycles. The Kier molecular flexibility index (Phi) is 7.61. The molecule has 1 N–H and O–H groups in total. The zero-order valence-corrected chi connectivity index (χ0v) is 17.9. The molecule has 1 aromatic carbocycles. The van der Waals surface area contributed by atoms with E-state index in [1.807, 2.05) is 61.5 Å². The number of amides is 2. The first-order valence-electron chi connectivity index (χ1n) is 10.0. The molecule has 1 saturated heterocycles. The minimum atomic E-state index is -0.0247. The molecule has 0 spiro atoms. The Morgan fingerprint density at radius 1 is 1.17 bits per heavy atom. The largest absolute Gasteiger partial charge is 0.354 e. The molecular formula is C23H29N3O2S. The zero-order chi connectivity index (χ0) is 20.6. The third-order valence-corrected chi connectivity index (χ3v) is 6.33. The van der Waals surface area contributed by atoms with Crippen molar-refractivity contribution in [3.63, 3.8) is 0 Å². The van der Waals surface area contributed by atoms with E-state index < -0.39 is 0 Å². The molecule has 6 heteroatoms. The number of nitrogens with zero attached hydrogens (tertiary/aromatic N) is 2. The van der Waals surface area contributed by atoms with Gasteiger partial charge in [0.1, 0.15) is 0 Å². The number of likely N-dealkylation sites (tertiary alicyclic amines) is 1. The fraction of sp³-hybridized carbons (Fsp3) is 0.391. The van der Waals surface area contributed by atoms with Crippen LogP contribution in [0.15, 0.2) is 53.9 Å². The molecule has 154 valence electrons. The quantitative estimate of drug-likeness (QED) is 0.711. The summed E-state index contributed by atoms with van der Waals surface area (Å²) in [7, 11) is 4.06. The second-order valence-corrected chi connectivity index (χ2v) is 8.56. The average Bonchev–Trinajstić information content (AvgIpc) is 3.27. The summed E-state index contributed by atoms with van der Waals surface area (Å²) >= 11 is 1.71. The van der Waals surface area contributed by atoms with Crippen LogP contribution < -0.4 is 5.32 Å². The Bertz CT molecular complexity index is 810. The first-order chi connectivity index (χ1) is 14.0.